The summed E-state index contributed by atoms with van der Waals surface area (Å²) < 4.78 is 10.8. The van der Waals surface area contributed by atoms with E-state index in [2.05, 4.69) is 20.4 Å². The van der Waals surface area contributed by atoms with Gasteiger partial charge in [0.15, 0.2) is 0 Å². The van der Waals surface area contributed by atoms with Crippen LogP contribution >= 0.6 is 23.2 Å². The van der Waals surface area contributed by atoms with Crippen LogP contribution in [-0.2, 0) is 12.8 Å². The highest BCUT2D eigenvalue weighted by Gasteiger charge is 2.31. The number of hydrogen-bond donors (Lipinski definition) is 3. The minimum absolute atomic E-state index is 0.117. The monoisotopic (exact) mass is 407 g/mol. The van der Waals surface area contributed by atoms with Crippen molar-refractivity contribution in [3.05, 3.63) is 39.1 Å². The Morgan fingerprint density at radius 1 is 1.11 bits per heavy atom. The molecule has 1 aliphatic carbocycles. The number of nitrogens with one attached hydrogen (secondary N) is 2. The highest BCUT2D eigenvalue weighted by molar-refractivity contribution is 6.38. The van der Waals surface area contributed by atoms with E-state index in [0.717, 1.165) is 41.8 Å². The van der Waals surface area contributed by atoms with Crippen molar-refractivity contribution >= 4 is 28.9 Å². The minimum Gasteiger partial charge on any atom is -0.495 e. The van der Waals surface area contributed by atoms with Crippen LogP contribution in [0.3, 0.4) is 0 Å². The molecule has 2 aromatic heterocycles. The second kappa shape index (κ2) is 6.98. The number of aromatic amines is 2. The predicted octanol–water partition coefficient (Wildman–Crippen LogP) is 3.98. The molecule has 1 unspecified atom stereocenters. The maximum absolute atomic E-state index is 6.59. The van der Waals surface area contributed by atoms with Crippen LogP contribution in [0.25, 0.3) is 11.4 Å². The summed E-state index contributed by atoms with van der Waals surface area (Å²) in [7, 11) is 3.15. The fourth-order valence-electron chi connectivity index (χ4n) is 3.70. The normalized spacial score (nSPS) is 16.2. The number of benzene rings is 1. The van der Waals surface area contributed by atoms with Crippen LogP contribution in [0.15, 0.2) is 12.3 Å². The van der Waals surface area contributed by atoms with Crippen molar-refractivity contribution in [3.63, 3.8) is 0 Å². The molecule has 142 valence electrons. The average Bonchev–Trinajstić information content (AvgIpc) is 3.27. The van der Waals surface area contributed by atoms with Gasteiger partial charge in [0.05, 0.1) is 30.0 Å². The molecule has 0 amide bonds. The summed E-state index contributed by atoms with van der Waals surface area (Å²) in [4.78, 5) is 0. The lowest BCUT2D eigenvalue weighted by Gasteiger charge is -2.26. The molecule has 0 saturated heterocycles. The zero-order chi connectivity index (χ0) is 19.1. The van der Waals surface area contributed by atoms with Gasteiger partial charge in [-0.15, -0.1) is 0 Å². The first-order valence-corrected chi connectivity index (χ1v) is 9.26. The molecule has 9 heteroatoms. The zero-order valence-corrected chi connectivity index (χ0v) is 16.4. The number of halogens is 2. The third-order valence-corrected chi connectivity index (χ3v) is 5.84. The molecule has 0 fully saturated rings. The highest BCUT2D eigenvalue weighted by Crippen LogP contribution is 2.47. The molecule has 2 heterocycles. The molecule has 0 radical (unpaired) electrons. The lowest BCUT2D eigenvalue weighted by Crippen LogP contribution is -2.14. The Kier molecular flexibility index (Phi) is 4.65. The van der Waals surface area contributed by atoms with Gasteiger partial charge in [0, 0.05) is 29.1 Å². The third-order valence-electron chi connectivity index (χ3n) is 5.06. The molecule has 0 bridgehead atoms. The van der Waals surface area contributed by atoms with E-state index >= 15 is 0 Å². The maximum atomic E-state index is 6.59. The van der Waals surface area contributed by atoms with Gasteiger partial charge in [-0.05, 0) is 25.2 Å². The summed E-state index contributed by atoms with van der Waals surface area (Å²) in [6.45, 7) is 0. The van der Waals surface area contributed by atoms with Crippen LogP contribution in [0.2, 0.25) is 10.0 Å². The van der Waals surface area contributed by atoms with E-state index in [4.69, 9.17) is 38.4 Å². The van der Waals surface area contributed by atoms with Crippen molar-refractivity contribution in [3.8, 4) is 22.9 Å². The summed E-state index contributed by atoms with van der Waals surface area (Å²) in [6.07, 6.45) is 4.05. The molecular weight excluding hydrogens is 389 g/mol. The number of hydrogen-bond acceptors (Lipinski definition) is 5. The number of rotatable bonds is 4. The zero-order valence-electron chi connectivity index (χ0n) is 14.9. The molecule has 1 aliphatic rings. The highest BCUT2D eigenvalue weighted by atomic mass is 35.5. The molecule has 4 N–H and O–H groups in total. The molecule has 1 aromatic carbocycles. The lowest BCUT2D eigenvalue weighted by molar-refractivity contribution is 0.392. The maximum Gasteiger partial charge on any atom is 0.141 e. The summed E-state index contributed by atoms with van der Waals surface area (Å²) in [6, 6.07) is 1.71. The van der Waals surface area contributed by atoms with Crippen molar-refractivity contribution in [1.29, 1.82) is 0 Å². The first kappa shape index (κ1) is 18.0. The van der Waals surface area contributed by atoms with Gasteiger partial charge < -0.3 is 15.2 Å². The molecule has 0 saturated carbocycles. The van der Waals surface area contributed by atoms with Crippen molar-refractivity contribution in [2.45, 2.75) is 25.2 Å². The van der Waals surface area contributed by atoms with Crippen LogP contribution in [0.1, 0.15) is 29.2 Å². The van der Waals surface area contributed by atoms with E-state index in [1.54, 1.807) is 26.5 Å². The van der Waals surface area contributed by atoms with Gasteiger partial charge in [0.2, 0.25) is 0 Å². The van der Waals surface area contributed by atoms with Gasteiger partial charge in [-0.3, -0.25) is 10.2 Å². The van der Waals surface area contributed by atoms with Gasteiger partial charge in [0.25, 0.3) is 0 Å². The number of methoxy groups -OCH3 is 2. The number of fused-ring (bicyclic) bond motifs is 1. The van der Waals surface area contributed by atoms with Crippen LogP contribution in [0, 0.1) is 0 Å². The number of nitrogens with two attached hydrogens (primary N) is 1. The molecule has 3 aromatic rings. The Labute approximate surface area is 166 Å². The van der Waals surface area contributed by atoms with Gasteiger partial charge in [-0.1, -0.05) is 23.2 Å². The quantitative estimate of drug-likeness (QED) is 0.606. The minimum atomic E-state index is 0.117. The lowest BCUT2D eigenvalue weighted by atomic mass is 9.82. The fraction of sp³-hybridized carbons (Fsp3) is 0.333. The molecule has 1 atom stereocenters. The first-order valence-electron chi connectivity index (χ1n) is 8.50. The third kappa shape index (κ3) is 2.91. The number of nitrogens with zero attached hydrogens (tertiary/aromatic N) is 2. The van der Waals surface area contributed by atoms with E-state index in [-0.39, 0.29) is 5.92 Å². The van der Waals surface area contributed by atoms with E-state index < -0.39 is 0 Å². The Hall–Kier alpha value is -2.38. The average molecular weight is 408 g/mol. The molecule has 0 spiro atoms. The van der Waals surface area contributed by atoms with Crippen LogP contribution in [-0.4, -0.2) is 34.6 Å². The van der Waals surface area contributed by atoms with E-state index in [1.807, 2.05) is 0 Å². The van der Waals surface area contributed by atoms with Crippen molar-refractivity contribution in [2.75, 3.05) is 20.0 Å². The van der Waals surface area contributed by atoms with Gasteiger partial charge >= 0.3 is 0 Å². The predicted molar refractivity (Wildman–Crippen MR) is 105 cm³/mol. The SMILES string of the molecule is COc1cc(OC)c(Cl)c(C2CCc3c(-c4n[nH]cc4N)n[nH]c3C2)c1Cl. The number of ether oxygens (including phenoxy) is 2. The topological polar surface area (TPSA) is 102 Å². The van der Waals surface area contributed by atoms with Crippen LogP contribution in [0.5, 0.6) is 11.5 Å². The summed E-state index contributed by atoms with van der Waals surface area (Å²) in [5.41, 5.74) is 11.0. The molecule has 7 nitrogen and oxygen atoms in total. The van der Waals surface area contributed by atoms with E-state index in [9.17, 15) is 0 Å². The van der Waals surface area contributed by atoms with Gasteiger partial charge in [0.1, 0.15) is 22.9 Å². The van der Waals surface area contributed by atoms with Crippen molar-refractivity contribution in [2.24, 2.45) is 0 Å². The standard InChI is InChI=1S/C18H19Cl2N5O2/c1-26-12-6-13(27-2)16(20)14(15(12)19)8-3-4-9-11(5-8)23-25-17(9)18-10(21)7-22-24-18/h6-8H,3-5,21H2,1-2H3,(H,22,24)(H,23,25). The molecule has 4 rings (SSSR count). The number of anilines is 1. The van der Waals surface area contributed by atoms with Gasteiger partial charge in [-0.2, -0.15) is 10.2 Å². The molecule has 27 heavy (non-hydrogen) atoms. The number of aromatic nitrogens is 4. The Morgan fingerprint density at radius 2 is 1.81 bits per heavy atom. The second-order valence-electron chi connectivity index (χ2n) is 6.48. The van der Waals surface area contributed by atoms with E-state index in [1.165, 1.54) is 0 Å². The van der Waals surface area contributed by atoms with Crippen LogP contribution < -0.4 is 15.2 Å². The molecule has 0 aliphatic heterocycles. The summed E-state index contributed by atoms with van der Waals surface area (Å²) >= 11 is 13.2. The Bertz CT molecular complexity index is 970. The summed E-state index contributed by atoms with van der Waals surface area (Å²) in [5.74, 6) is 1.22. The summed E-state index contributed by atoms with van der Waals surface area (Å²) in [5, 5.41) is 15.6. The fourth-order valence-corrected chi connectivity index (χ4v) is 4.51. The smallest absolute Gasteiger partial charge is 0.141 e. The first-order chi connectivity index (χ1) is 13.0. The Morgan fingerprint density at radius 3 is 2.41 bits per heavy atom. The number of nitrogen functional groups attached to an aromatic ring is 1. The second-order valence-corrected chi connectivity index (χ2v) is 7.24. The molecular formula is C18H19Cl2N5O2. The van der Waals surface area contributed by atoms with Crippen molar-refractivity contribution in [1.82, 2.24) is 20.4 Å². The Balaban J connectivity index is 1.72. The largest absolute Gasteiger partial charge is 0.495 e. The van der Waals surface area contributed by atoms with Crippen molar-refractivity contribution < 1.29 is 9.47 Å². The van der Waals surface area contributed by atoms with Crippen LogP contribution in [0.4, 0.5) is 5.69 Å². The van der Waals surface area contributed by atoms with E-state index in [0.29, 0.717) is 32.9 Å². The number of H-pyrrole nitrogens is 2. The van der Waals surface area contributed by atoms with Gasteiger partial charge in [-0.25, -0.2) is 0 Å².